The topological polar surface area (TPSA) is 29.1 Å². The summed E-state index contributed by atoms with van der Waals surface area (Å²) in [5.41, 5.74) is 0.872. The predicted octanol–water partition coefficient (Wildman–Crippen LogP) is 2.37. The van der Waals surface area contributed by atoms with E-state index in [1.54, 1.807) is 0 Å². The van der Waals surface area contributed by atoms with E-state index in [4.69, 9.17) is 0 Å². The number of carbonyl (C=O) groups excluding carboxylic acids is 1. The van der Waals surface area contributed by atoms with Gasteiger partial charge in [-0.05, 0) is 0 Å². The van der Waals surface area contributed by atoms with Gasteiger partial charge in [0.2, 0.25) is 0 Å². The van der Waals surface area contributed by atoms with E-state index in [9.17, 15) is 4.79 Å². The quantitative estimate of drug-likeness (QED) is 0.608. The van der Waals surface area contributed by atoms with E-state index in [0.29, 0.717) is 15.0 Å². The van der Waals surface area contributed by atoms with Crippen molar-refractivity contribution < 1.29 is 4.79 Å². The Kier molecular flexibility index (Phi) is 6.99. The van der Waals surface area contributed by atoms with Gasteiger partial charge in [0.15, 0.2) is 0 Å². The van der Waals surface area contributed by atoms with E-state index in [-0.39, 0.29) is 5.91 Å². The van der Waals surface area contributed by atoms with Crippen molar-refractivity contribution in [2.75, 3.05) is 6.54 Å². The van der Waals surface area contributed by atoms with Gasteiger partial charge < -0.3 is 0 Å². The Morgan fingerprint density at radius 2 is 2.00 bits per heavy atom. The van der Waals surface area contributed by atoms with Crippen LogP contribution in [0.15, 0.2) is 24.3 Å². The van der Waals surface area contributed by atoms with Gasteiger partial charge in [-0.2, -0.15) is 0 Å². The molecular weight excluding hydrogens is 277 g/mol. The van der Waals surface area contributed by atoms with Gasteiger partial charge in [-0.15, -0.1) is 0 Å². The van der Waals surface area contributed by atoms with Crippen molar-refractivity contribution in [3.8, 4) is 0 Å². The molecule has 1 rings (SSSR count). The van der Waals surface area contributed by atoms with Crippen LogP contribution in [0, 0.1) is 0 Å². The fourth-order valence-electron chi connectivity index (χ4n) is 1.44. The zero-order valence-corrected chi connectivity index (χ0v) is 12.4. The molecule has 0 spiro atoms. The molecule has 0 radical (unpaired) electrons. The Hall–Kier alpha value is -0.791. The van der Waals surface area contributed by atoms with Crippen LogP contribution in [0.1, 0.15) is 43.5 Å². The monoisotopic (exact) mass is 299 g/mol. The van der Waals surface area contributed by atoms with Gasteiger partial charge in [0.1, 0.15) is 0 Å². The molecule has 17 heavy (non-hydrogen) atoms. The summed E-state index contributed by atoms with van der Waals surface area (Å²) in [6.45, 7) is 5.03. The number of carbonyl (C=O) groups is 1. The number of rotatable bonds is 7. The average Bonchev–Trinajstić information content (AvgIpc) is 2.37. The van der Waals surface area contributed by atoms with Crippen LogP contribution in [0.2, 0.25) is 5.32 Å². The van der Waals surface area contributed by atoms with Crippen molar-refractivity contribution in [3.63, 3.8) is 0 Å². The summed E-state index contributed by atoms with van der Waals surface area (Å²) in [6.07, 6.45) is 3.46. The molecule has 0 aliphatic heterocycles. The van der Waals surface area contributed by atoms with Crippen molar-refractivity contribution >= 4 is 25.3 Å². The van der Waals surface area contributed by atoms with Crippen molar-refractivity contribution in [2.24, 2.45) is 0 Å². The van der Waals surface area contributed by atoms with Crippen LogP contribution in [0.4, 0.5) is 0 Å². The molecule has 0 heterocycles. The van der Waals surface area contributed by atoms with E-state index in [1.165, 1.54) is 22.6 Å². The van der Waals surface area contributed by atoms with Gasteiger partial charge in [-0.25, -0.2) is 0 Å². The summed E-state index contributed by atoms with van der Waals surface area (Å²) in [6, 6.07) is 8.00. The molecule has 0 aliphatic carbocycles. The van der Waals surface area contributed by atoms with Gasteiger partial charge in [0.05, 0.1) is 0 Å². The molecule has 0 fully saturated rings. The molecule has 0 saturated heterocycles. The molecule has 0 aliphatic rings. The zero-order chi connectivity index (χ0) is 12.5. The molecule has 3 heteroatoms. The van der Waals surface area contributed by atoms with Gasteiger partial charge in [-0.1, -0.05) is 0 Å². The fourth-order valence-corrected chi connectivity index (χ4v) is 3.84. The van der Waals surface area contributed by atoms with Crippen molar-refractivity contribution in [1.82, 2.24) is 5.32 Å². The van der Waals surface area contributed by atoms with Crippen LogP contribution in [0.3, 0.4) is 0 Å². The first kappa shape index (κ1) is 14.3. The molecule has 2 nitrogen and oxygen atoms in total. The Morgan fingerprint density at radius 3 is 2.71 bits per heavy atom. The summed E-state index contributed by atoms with van der Waals surface area (Å²) in [5, 5.41) is 4.17. The normalized spacial score (nSPS) is 10.2. The molecule has 1 aromatic carbocycles. The fraction of sp³-hybridized carbons (Fsp3) is 0.500. The van der Waals surface area contributed by atoms with Crippen molar-refractivity contribution in [3.05, 3.63) is 29.8 Å². The molecule has 1 amide bonds. The van der Waals surface area contributed by atoms with Crippen LogP contribution in [0.5, 0.6) is 0 Å². The third-order valence-corrected chi connectivity index (χ3v) is 4.86. The third kappa shape index (κ3) is 4.93. The Balaban J connectivity index is 2.66. The van der Waals surface area contributed by atoms with E-state index in [1.807, 2.05) is 18.2 Å². The van der Waals surface area contributed by atoms with Crippen molar-refractivity contribution in [1.29, 1.82) is 0 Å². The van der Waals surface area contributed by atoms with Crippen LogP contribution >= 0.6 is 0 Å². The summed E-state index contributed by atoms with van der Waals surface area (Å²) in [5.74, 6) is 0.0841. The van der Waals surface area contributed by atoms with Crippen LogP contribution < -0.4 is 9.78 Å². The van der Waals surface area contributed by atoms with Gasteiger partial charge >= 0.3 is 110 Å². The van der Waals surface area contributed by atoms with E-state index in [2.05, 4.69) is 25.2 Å². The van der Waals surface area contributed by atoms with E-state index < -0.39 is 0 Å². The predicted molar refractivity (Wildman–Crippen MR) is 74.2 cm³/mol. The second kappa shape index (κ2) is 8.32. The summed E-state index contributed by atoms with van der Waals surface area (Å²) in [4.78, 5) is 12.0. The first-order valence-corrected chi connectivity index (χ1v) is 8.36. The maximum atomic E-state index is 12.0. The van der Waals surface area contributed by atoms with E-state index >= 15 is 0 Å². The number of nitrogens with one attached hydrogen (secondary N) is 1. The second-order valence-corrected chi connectivity index (χ2v) is 6.34. The standard InChI is InChI=1S/C14H21NOSe/c1-3-5-11-17-13-9-7-6-8-12(13)14(16)15-10-4-2/h6-9H,3-5,10-11H2,1-2H3,(H,15,16). The van der Waals surface area contributed by atoms with Crippen LogP contribution in [-0.2, 0) is 0 Å². The minimum atomic E-state index is 0.0841. The number of hydrogen-bond donors (Lipinski definition) is 1. The zero-order valence-electron chi connectivity index (χ0n) is 10.7. The summed E-state index contributed by atoms with van der Waals surface area (Å²) in [7, 11) is 0. The summed E-state index contributed by atoms with van der Waals surface area (Å²) < 4.78 is 1.24. The number of unbranched alkanes of at least 4 members (excludes halogenated alkanes) is 1. The molecule has 0 bridgehead atoms. The number of benzene rings is 1. The Morgan fingerprint density at radius 1 is 1.24 bits per heavy atom. The molecular formula is C14H21NOSe. The number of hydrogen-bond acceptors (Lipinski definition) is 1. The first-order valence-electron chi connectivity index (χ1n) is 6.29. The molecule has 0 aromatic heterocycles. The molecule has 1 N–H and O–H groups in total. The SMILES string of the molecule is CCCC[Se]c1ccccc1C(=O)NCCC. The van der Waals surface area contributed by atoms with Gasteiger partial charge in [0, 0.05) is 0 Å². The maximum absolute atomic E-state index is 12.0. The van der Waals surface area contributed by atoms with Crippen molar-refractivity contribution in [2.45, 2.75) is 38.4 Å². The van der Waals surface area contributed by atoms with E-state index in [0.717, 1.165) is 18.5 Å². The van der Waals surface area contributed by atoms with Crippen LogP contribution in [-0.4, -0.2) is 27.4 Å². The minimum absolute atomic E-state index is 0.0841. The molecule has 0 saturated carbocycles. The Labute approximate surface area is 110 Å². The van der Waals surface area contributed by atoms with Gasteiger partial charge in [0.25, 0.3) is 0 Å². The number of amides is 1. The Bertz CT molecular complexity index is 352. The first-order chi connectivity index (χ1) is 8.29. The third-order valence-electron chi connectivity index (χ3n) is 2.42. The molecule has 94 valence electrons. The average molecular weight is 298 g/mol. The van der Waals surface area contributed by atoms with Crippen LogP contribution in [0.25, 0.3) is 0 Å². The molecule has 0 atom stereocenters. The molecule has 0 unspecified atom stereocenters. The van der Waals surface area contributed by atoms with Gasteiger partial charge in [-0.3, -0.25) is 0 Å². The second-order valence-electron chi connectivity index (χ2n) is 3.95. The summed E-state index contributed by atoms with van der Waals surface area (Å²) >= 11 is 0.427. The molecule has 1 aromatic rings.